The topological polar surface area (TPSA) is 69.6 Å². The fourth-order valence-electron chi connectivity index (χ4n) is 3.10. The number of rotatable bonds is 2. The molecule has 0 bridgehead atoms. The van der Waals surface area contributed by atoms with Crippen molar-refractivity contribution in [1.29, 1.82) is 0 Å². The highest BCUT2D eigenvalue weighted by molar-refractivity contribution is 5.71. The summed E-state index contributed by atoms with van der Waals surface area (Å²) in [6.45, 7) is 4.31. The Labute approximate surface area is 121 Å². The minimum atomic E-state index is -0.975. The molecule has 0 amide bonds. The molecule has 2 N–H and O–H groups in total. The van der Waals surface area contributed by atoms with Gasteiger partial charge in [0.25, 0.3) is 0 Å². The van der Waals surface area contributed by atoms with E-state index in [9.17, 15) is 8.78 Å². The normalized spacial score (nSPS) is 20.9. The van der Waals surface area contributed by atoms with Crippen molar-refractivity contribution in [2.24, 2.45) is 5.41 Å². The first-order valence-corrected chi connectivity index (χ1v) is 6.93. The molecule has 0 spiro atoms. The molecule has 1 aliphatic carbocycles. The van der Waals surface area contributed by atoms with Gasteiger partial charge in [0.15, 0.2) is 17.5 Å². The Morgan fingerprint density at radius 2 is 2.00 bits per heavy atom. The molecule has 1 fully saturated rings. The highest BCUT2D eigenvalue weighted by Gasteiger charge is 2.38. The lowest BCUT2D eigenvalue weighted by atomic mass is 9.87. The van der Waals surface area contributed by atoms with Crippen molar-refractivity contribution in [3.8, 4) is 11.4 Å². The number of halogens is 2. The Morgan fingerprint density at radius 1 is 1.29 bits per heavy atom. The lowest BCUT2D eigenvalue weighted by molar-refractivity contribution is 0.242. The van der Waals surface area contributed by atoms with Crippen molar-refractivity contribution in [2.75, 3.05) is 5.73 Å². The van der Waals surface area contributed by atoms with Crippen LogP contribution in [0.5, 0.6) is 0 Å². The molecule has 0 radical (unpaired) electrons. The van der Waals surface area contributed by atoms with E-state index in [0.29, 0.717) is 11.4 Å². The number of nitrogens with two attached hydrogens (primary N) is 1. The van der Waals surface area contributed by atoms with Gasteiger partial charge in [-0.15, -0.1) is 5.10 Å². The van der Waals surface area contributed by atoms with Crippen LogP contribution in [0.15, 0.2) is 12.1 Å². The van der Waals surface area contributed by atoms with Gasteiger partial charge in [0.2, 0.25) is 0 Å². The molecule has 1 unspecified atom stereocenters. The summed E-state index contributed by atoms with van der Waals surface area (Å²) in [5, 5.41) is 11.7. The van der Waals surface area contributed by atoms with E-state index in [4.69, 9.17) is 5.73 Å². The average molecular weight is 293 g/mol. The number of benzene rings is 1. The van der Waals surface area contributed by atoms with Crippen LogP contribution < -0.4 is 5.73 Å². The molecule has 7 heteroatoms. The summed E-state index contributed by atoms with van der Waals surface area (Å²) in [6, 6.07) is 2.13. The smallest absolute Gasteiger partial charge is 0.184 e. The first-order valence-electron chi connectivity index (χ1n) is 6.93. The fraction of sp³-hybridized carbons (Fsp3) is 0.500. The Balaban J connectivity index is 2.10. The zero-order chi connectivity index (χ0) is 15.2. The van der Waals surface area contributed by atoms with Gasteiger partial charge in [-0.1, -0.05) is 20.3 Å². The van der Waals surface area contributed by atoms with Gasteiger partial charge in [-0.3, -0.25) is 0 Å². The highest BCUT2D eigenvalue weighted by atomic mass is 19.2. The van der Waals surface area contributed by atoms with Gasteiger partial charge in [-0.25, -0.2) is 13.5 Å². The number of anilines is 1. The molecule has 1 atom stereocenters. The summed E-state index contributed by atoms with van der Waals surface area (Å²) in [6.07, 6.45) is 3.11. The van der Waals surface area contributed by atoms with Crippen LogP contribution in [0.25, 0.3) is 11.4 Å². The van der Waals surface area contributed by atoms with Crippen LogP contribution in [-0.2, 0) is 0 Å². The third kappa shape index (κ3) is 2.26. The van der Waals surface area contributed by atoms with E-state index in [0.717, 1.165) is 31.4 Å². The van der Waals surface area contributed by atoms with Crippen LogP contribution in [0, 0.1) is 17.0 Å². The molecule has 0 aliphatic heterocycles. The molecule has 3 rings (SSSR count). The van der Waals surface area contributed by atoms with Gasteiger partial charge < -0.3 is 5.73 Å². The number of hydrogen-bond donors (Lipinski definition) is 1. The average Bonchev–Trinajstić information content (AvgIpc) is 2.99. The van der Waals surface area contributed by atoms with Crippen molar-refractivity contribution < 1.29 is 8.78 Å². The van der Waals surface area contributed by atoms with Crippen molar-refractivity contribution in [2.45, 2.75) is 39.2 Å². The molecule has 21 heavy (non-hydrogen) atoms. The van der Waals surface area contributed by atoms with Gasteiger partial charge >= 0.3 is 0 Å². The number of hydrogen-bond acceptors (Lipinski definition) is 4. The van der Waals surface area contributed by atoms with Crippen molar-refractivity contribution in [3.05, 3.63) is 23.8 Å². The van der Waals surface area contributed by atoms with E-state index < -0.39 is 11.6 Å². The highest BCUT2D eigenvalue weighted by Crippen LogP contribution is 2.46. The summed E-state index contributed by atoms with van der Waals surface area (Å²) in [7, 11) is 0. The SMILES string of the molecule is CC1(C)CCCC1n1nnnc1-c1cc(F)c(F)cc1N. The minimum Gasteiger partial charge on any atom is -0.398 e. The maximum absolute atomic E-state index is 13.5. The molecule has 1 aromatic heterocycles. The van der Waals surface area contributed by atoms with Crippen LogP contribution in [0.3, 0.4) is 0 Å². The summed E-state index contributed by atoms with van der Waals surface area (Å²) in [4.78, 5) is 0. The standard InChI is InChI=1S/C14H17F2N5/c1-14(2)5-3-4-12(14)21-13(18-19-20-21)8-6-9(15)10(16)7-11(8)17/h6-7,12H,3-5,17H2,1-2H3. The quantitative estimate of drug-likeness (QED) is 0.864. The number of aromatic nitrogens is 4. The molecular weight excluding hydrogens is 276 g/mol. The van der Waals surface area contributed by atoms with Gasteiger partial charge in [-0.2, -0.15) is 0 Å². The van der Waals surface area contributed by atoms with E-state index in [-0.39, 0.29) is 17.1 Å². The van der Waals surface area contributed by atoms with E-state index in [1.807, 2.05) is 0 Å². The Hall–Kier alpha value is -2.05. The number of nitrogens with zero attached hydrogens (tertiary/aromatic N) is 4. The summed E-state index contributed by atoms with van der Waals surface area (Å²) >= 11 is 0. The van der Waals surface area contributed by atoms with E-state index in [1.165, 1.54) is 0 Å². The lowest BCUT2D eigenvalue weighted by Gasteiger charge is -2.27. The Morgan fingerprint density at radius 3 is 2.67 bits per heavy atom. The third-order valence-corrected chi connectivity index (χ3v) is 4.32. The third-order valence-electron chi connectivity index (χ3n) is 4.32. The predicted octanol–water partition coefficient (Wildman–Crippen LogP) is 2.95. The second-order valence-corrected chi connectivity index (χ2v) is 6.20. The van der Waals surface area contributed by atoms with Crippen LogP contribution >= 0.6 is 0 Å². The lowest BCUT2D eigenvalue weighted by Crippen LogP contribution is -2.23. The fourth-order valence-corrected chi connectivity index (χ4v) is 3.10. The summed E-state index contributed by atoms with van der Waals surface area (Å²) < 4.78 is 28.4. The van der Waals surface area contributed by atoms with Crippen LogP contribution in [0.1, 0.15) is 39.2 Å². The molecule has 1 heterocycles. The van der Waals surface area contributed by atoms with Crippen LogP contribution in [0.2, 0.25) is 0 Å². The maximum atomic E-state index is 13.5. The molecule has 112 valence electrons. The minimum absolute atomic E-state index is 0.0530. The molecule has 1 aliphatic rings. The van der Waals surface area contributed by atoms with Gasteiger partial charge in [-0.05, 0) is 34.7 Å². The first-order chi connectivity index (χ1) is 9.90. The van der Waals surface area contributed by atoms with Gasteiger partial charge in [0, 0.05) is 17.3 Å². The Bertz CT molecular complexity index is 680. The zero-order valence-corrected chi connectivity index (χ0v) is 12.0. The van der Waals surface area contributed by atoms with Gasteiger partial charge in [0.1, 0.15) is 0 Å². The van der Waals surface area contributed by atoms with Crippen LogP contribution in [-0.4, -0.2) is 20.2 Å². The largest absolute Gasteiger partial charge is 0.398 e. The van der Waals surface area contributed by atoms with Crippen molar-refractivity contribution in [3.63, 3.8) is 0 Å². The summed E-state index contributed by atoms with van der Waals surface area (Å²) in [5.74, 6) is -1.55. The summed E-state index contributed by atoms with van der Waals surface area (Å²) in [5.41, 5.74) is 6.30. The monoisotopic (exact) mass is 293 g/mol. The molecule has 1 aromatic carbocycles. The predicted molar refractivity (Wildman–Crippen MR) is 74.3 cm³/mol. The Kier molecular flexibility index (Phi) is 3.15. The van der Waals surface area contributed by atoms with Crippen molar-refractivity contribution >= 4 is 5.69 Å². The molecule has 0 saturated heterocycles. The van der Waals surface area contributed by atoms with E-state index in [1.54, 1.807) is 4.68 Å². The van der Waals surface area contributed by atoms with E-state index >= 15 is 0 Å². The molecular formula is C14H17F2N5. The van der Waals surface area contributed by atoms with Crippen LogP contribution in [0.4, 0.5) is 14.5 Å². The first kappa shape index (κ1) is 13.9. The zero-order valence-electron chi connectivity index (χ0n) is 12.0. The number of nitrogen functional groups attached to an aromatic ring is 1. The van der Waals surface area contributed by atoms with Crippen molar-refractivity contribution in [1.82, 2.24) is 20.2 Å². The van der Waals surface area contributed by atoms with E-state index in [2.05, 4.69) is 29.4 Å². The molecule has 5 nitrogen and oxygen atoms in total. The molecule has 2 aromatic rings. The molecule has 1 saturated carbocycles. The second kappa shape index (κ2) is 4.75. The number of tetrazole rings is 1. The second-order valence-electron chi connectivity index (χ2n) is 6.20. The maximum Gasteiger partial charge on any atom is 0.184 e. The van der Waals surface area contributed by atoms with Gasteiger partial charge in [0.05, 0.1) is 6.04 Å².